The first kappa shape index (κ1) is 13.3. The van der Waals surface area contributed by atoms with Crippen molar-refractivity contribution >= 4 is 0 Å². The van der Waals surface area contributed by atoms with E-state index in [0.29, 0.717) is 11.5 Å². The van der Waals surface area contributed by atoms with Gasteiger partial charge < -0.3 is 14.9 Å². The zero-order valence-electron chi connectivity index (χ0n) is 12.0. The van der Waals surface area contributed by atoms with Crippen LogP contribution in [0.2, 0.25) is 0 Å². The van der Waals surface area contributed by atoms with E-state index in [1.54, 1.807) is 12.5 Å². The third kappa shape index (κ3) is 2.02. The molecule has 2 aromatic rings. The fourth-order valence-electron chi connectivity index (χ4n) is 2.95. The number of nitriles is 1. The molecule has 0 saturated heterocycles. The topological polar surface area (TPSA) is 96.9 Å². The summed E-state index contributed by atoms with van der Waals surface area (Å²) in [6.45, 7) is 0. The summed E-state index contributed by atoms with van der Waals surface area (Å²) in [6.07, 6.45) is 3.17. The van der Waals surface area contributed by atoms with Crippen LogP contribution in [-0.4, -0.2) is 0 Å². The van der Waals surface area contributed by atoms with Crippen molar-refractivity contribution in [2.24, 2.45) is 16.0 Å². The van der Waals surface area contributed by atoms with Gasteiger partial charge in [0.1, 0.15) is 17.7 Å². The van der Waals surface area contributed by atoms with Crippen LogP contribution in [0.5, 0.6) is 0 Å². The van der Waals surface area contributed by atoms with Crippen molar-refractivity contribution in [1.82, 2.24) is 0 Å². The van der Waals surface area contributed by atoms with E-state index in [4.69, 9.17) is 14.9 Å². The number of benzene rings is 1. The van der Waals surface area contributed by atoms with E-state index < -0.39 is 0 Å². The highest BCUT2D eigenvalue weighted by atomic mass is 16.5. The lowest BCUT2D eigenvalue weighted by Gasteiger charge is -2.25. The largest absolute Gasteiger partial charge is 0.472 e. The van der Waals surface area contributed by atoms with E-state index in [2.05, 4.69) is 16.3 Å². The summed E-state index contributed by atoms with van der Waals surface area (Å²) in [5.41, 5.74) is 8.86. The third-order valence-corrected chi connectivity index (χ3v) is 3.99. The number of allylic oxidation sites excluding steroid dienone is 1. The number of hydrogen-bond donors (Lipinski definition) is 1. The molecule has 0 spiro atoms. The first-order valence-corrected chi connectivity index (χ1v) is 7.09. The van der Waals surface area contributed by atoms with Crippen LogP contribution < -0.4 is 5.73 Å². The van der Waals surface area contributed by atoms with Crippen molar-refractivity contribution in [1.29, 1.82) is 5.26 Å². The Balaban J connectivity index is 1.86. The Morgan fingerprint density at radius 1 is 1.13 bits per heavy atom. The first-order valence-electron chi connectivity index (χ1n) is 7.09. The van der Waals surface area contributed by atoms with Crippen LogP contribution >= 0.6 is 0 Å². The van der Waals surface area contributed by atoms with Gasteiger partial charge in [-0.3, -0.25) is 0 Å². The summed E-state index contributed by atoms with van der Waals surface area (Å²) < 4.78 is 10.7. The summed E-state index contributed by atoms with van der Waals surface area (Å²) in [4.78, 5) is 0. The average Bonchev–Trinajstić information content (AvgIpc) is 3.24. The highest BCUT2D eigenvalue weighted by Gasteiger charge is 2.41. The number of nitrogens with two attached hydrogens (primary N) is 1. The van der Waals surface area contributed by atoms with Gasteiger partial charge >= 0.3 is 0 Å². The quantitative estimate of drug-likeness (QED) is 0.918. The predicted molar refractivity (Wildman–Crippen MR) is 80.4 cm³/mol. The van der Waals surface area contributed by atoms with Gasteiger partial charge in [0.2, 0.25) is 11.8 Å². The molecular formula is C17H12N4O2. The molecule has 2 unspecified atom stereocenters. The van der Waals surface area contributed by atoms with Crippen molar-refractivity contribution in [2.75, 3.05) is 0 Å². The molecule has 0 fully saturated rings. The Morgan fingerprint density at radius 2 is 1.96 bits per heavy atom. The van der Waals surface area contributed by atoms with Gasteiger partial charge in [0.15, 0.2) is 0 Å². The van der Waals surface area contributed by atoms with Crippen LogP contribution in [0, 0.1) is 11.3 Å². The molecule has 112 valence electrons. The van der Waals surface area contributed by atoms with Gasteiger partial charge in [-0.05, 0) is 11.6 Å². The van der Waals surface area contributed by atoms with E-state index in [0.717, 1.165) is 16.7 Å². The van der Waals surface area contributed by atoms with Gasteiger partial charge in [0, 0.05) is 11.1 Å². The molecule has 1 aromatic carbocycles. The van der Waals surface area contributed by atoms with Crippen molar-refractivity contribution < 1.29 is 9.15 Å². The highest BCUT2D eigenvalue weighted by molar-refractivity contribution is 5.52. The van der Waals surface area contributed by atoms with Crippen LogP contribution in [0.4, 0.5) is 0 Å². The van der Waals surface area contributed by atoms with Crippen LogP contribution in [0.3, 0.4) is 0 Å². The lowest BCUT2D eigenvalue weighted by atomic mass is 9.80. The number of ether oxygens (including phenoxy) is 1. The second-order valence-corrected chi connectivity index (χ2v) is 5.27. The van der Waals surface area contributed by atoms with Crippen molar-refractivity contribution in [3.8, 4) is 6.07 Å². The molecule has 6 nitrogen and oxygen atoms in total. The number of hydrogen-bond acceptors (Lipinski definition) is 6. The standard InChI is InChI=1S/C17H12N4O2/c18-8-12-13(11-6-7-22-9-11)14-15(10-4-2-1-3-5-10)20-21-17(14)23-16(12)19/h1-7,9,13,15H,19H2. The highest BCUT2D eigenvalue weighted by Crippen LogP contribution is 2.49. The van der Waals surface area contributed by atoms with E-state index in [-0.39, 0.29) is 17.8 Å². The van der Waals surface area contributed by atoms with Crippen LogP contribution in [0.25, 0.3) is 0 Å². The summed E-state index contributed by atoms with van der Waals surface area (Å²) >= 11 is 0. The molecule has 1 aromatic heterocycles. The summed E-state index contributed by atoms with van der Waals surface area (Å²) in [5.74, 6) is 0.0503. The summed E-state index contributed by atoms with van der Waals surface area (Å²) in [7, 11) is 0. The Hall–Kier alpha value is -3.33. The predicted octanol–water partition coefficient (Wildman–Crippen LogP) is 3.51. The lowest BCUT2D eigenvalue weighted by molar-refractivity contribution is 0.276. The fourth-order valence-corrected chi connectivity index (χ4v) is 2.95. The minimum atomic E-state index is -0.372. The smallest absolute Gasteiger partial charge is 0.242 e. The molecular weight excluding hydrogens is 292 g/mol. The number of nitrogens with zero attached hydrogens (tertiary/aromatic N) is 3. The van der Waals surface area contributed by atoms with E-state index >= 15 is 0 Å². The molecule has 2 aliphatic rings. The minimum Gasteiger partial charge on any atom is -0.472 e. The zero-order chi connectivity index (χ0) is 15.8. The normalized spacial score (nSPS) is 22.7. The van der Waals surface area contributed by atoms with Crippen molar-refractivity contribution in [2.45, 2.75) is 12.0 Å². The number of furan rings is 1. The maximum absolute atomic E-state index is 9.53. The molecule has 3 heterocycles. The fraction of sp³-hybridized carbons (Fsp3) is 0.118. The maximum atomic E-state index is 9.53. The Labute approximate surface area is 132 Å². The van der Waals surface area contributed by atoms with Gasteiger partial charge in [0.25, 0.3) is 0 Å². The van der Waals surface area contributed by atoms with E-state index in [1.165, 1.54) is 0 Å². The molecule has 0 bridgehead atoms. The zero-order valence-corrected chi connectivity index (χ0v) is 12.0. The molecule has 2 aliphatic heterocycles. The van der Waals surface area contributed by atoms with Gasteiger partial charge in [-0.15, -0.1) is 5.11 Å². The van der Waals surface area contributed by atoms with Crippen molar-refractivity contribution in [3.63, 3.8) is 0 Å². The first-order chi connectivity index (χ1) is 11.3. The molecule has 0 amide bonds. The van der Waals surface area contributed by atoms with Crippen LogP contribution in [0.15, 0.2) is 86.5 Å². The van der Waals surface area contributed by atoms with Crippen LogP contribution in [-0.2, 0) is 4.74 Å². The van der Waals surface area contributed by atoms with Crippen LogP contribution in [0.1, 0.15) is 23.1 Å². The van der Waals surface area contributed by atoms with Gasteiger partial charge in [0.05, 0.1) is 18.4 Å². The van der Waals surface area contributed by atoms with Gasteiger partial charge in [-0.1, -0.05) is 30.3 Å². The third-order valence-electron chi connectivity index (χ3n) is 3.99. The van der Waals surface area contributed by atoms with E-state index in [9.17, 15) is 5.26 Å². The Kier molecular flexibility index (Phi) is 2.98. The average molecular weight is 304 g/mol. The second kappa shape index (κ2) is 5.14. The molecule has 0 radical (unpaired) electrons. The molecule has 6 heteroatoms. The second-order valence-electron chi connectivity index (χ2n) is 5.27. The lowest BCUT2D eigenvalue weighted by Crippen LogP contribution is -2.21. The molecule has 23 heavy (non-hydrogen) atoms. The molecule has 0 aliphatic carbocycles. The minimum absolute atomic E-state index is 0.0603. The SMILES string of the molecule is N#CC1=C(N)OC2=C(C(c3ccccc3)N=N2)C1c1ccoc1. The number of rotatable bonds is 2. The maximum Gasteiger partial charge on any atom is 0.242 e. The van der Waals surface area contributed by atoms with Crippen molar-refractivity contribution in [3.05, 3.63) is 83.0 Å². The molecule has 2 N–H and O–H groups in total. The number of azo groups is 1. The molecule has 4 rings (SSSR count). The molecule has 0 saturated carbocycles. The van der Waals surface area contributed by atoms with E-state index in [1.807, 2.05) is 36.4 Å². The van der Waals surface area contributed by atoms with Gasteiger partial charge in [-0.25, -0.2) is 0 Å². The molecule has 2 atom stereocenters. The summed E-state index contributed by atoms with van der Waals surface area (Å²) in [6, 6.07) is 13.4. The Bertz CT molecular complexity index is 873. The Morgan fingerprint density at radius 3 is 2.65 bits per heavy atom. The monoisotopic (exact) mass is 304 g/mol. The van der Waals surface area contributed by atoms with Gasteiger partial charge in [-0.2, -0.15) is 10.4 Å². The summed E-state index contributed by atoms with van der Waals surface area (Å²) in [5, 5.41) is 18.0.